The first-order valence-electron chi connectivity index (χ1n) is 16.7. The minimum Gasteiger partial charge on any atom is -0.484 e. The molecule has 3 aromatic rings. The van der Waals surface area contributed by atoms with Gasteiger partial charge in [-0.3, -0.25) is 14.5 Å². The lowest BCUT2D eigenvalue weighted by Crippen LogP contribution is -2.49. The van der Waals surface area contributed by atoms with Gasteiger partial charge < -0.3 is 34.7 Å². The van der Waals surface area contributed by atoms with Gasteiger partial charge in [-0.15, -0.1) is 0 Å². The quantitative estimate of drug-likeness (QED) is 0.258. The van der Waals surface area contributed by atoms with Gasteiger partial charge in [-0.25, -0.2) is 9.97 Å². The number of hydrogen-bond acceptors (Lipinski definition) is 10. The molecule has 12 nitrogen and oxygen atoms in total. The normalized spacial score (nSPS) is 18.7. The average molecular weight is 698 g/mol. The van der Waals surface area contributed by atoms with Gasteiger partial charge in [0, 0.05) is 69.9 Å². The van der Waals surface area contributed by atoms with Crippen molar-refractivity contribution in [2.45, 2.75) is 63.8 Å². The number of nitrogens with one attached hydrogen (secondary N) is 2. The standard InChI is InChI=1S/C34H42ClN7O5.H2S/c35-32-28-8-9-40(18-23(28)6-7-29(32)46-20-27-17-36-21-47-27)19-26(43)16-37-33(44)24-14-30(38-25-2-1-3-25)39-31(15-24)41-10-12-42(13-11-41)34(45)22-4-5-22;/h6-7,14-15,17,21-22,25-26,43H,1-5,8-13,16,18-20H2,(H,37,44)(H,38,39);1H2/t26-;/m0./s1. The number of rotatable bonds is 12. The van der Waals surface area contributed by atoms with E-state index in [4.69, 9.17) is 25.7 Å². The molecule has 4 heterocycles. The molecule has 1 aromatic carbocycles. The molecule has 48 heavy (non-hydrogen) atoms. The van der Waals surface area contributed by atoms with Crippen molar-refractivity contribution in [2.24, 2.45) is 5.92 Å². The summed E-state index contributed by atoms with van der Waals surface area (Å²) in [5.41, 5.74) is 2.65. The molecular weight excluding hydrogens is 654 g/mol. The van der Waals surface area contributed by atoms with Crippen LogP contribution in [-0.2, 0) is 24.4 Å². The maximum absolute atomic E-state index is 13.4. The van der Waals surface area contributed by atoms with Crippen molar-refractivity contribution in [3.8, 4) is 5.75 Å². The first-order chi connectivity index (χ1) is 22.9. The van der Waals surface area contributed by atoms with Crippen LogP contribution in [0.5, 0.6) is 5.75 Å². The number of carbonyl (C=O) groups excluding carboxylic acids is 2. The summed E-state index contributed by atoms with van der Waals surface area (Å²) in [5, 5.41) is 17.9. The molecule has 0 unspecified atom stereocenters. The number of ether oxygens (including phenoxy) is 1. The van der Waals surface area contributed by atoms with E-state index >= 15 is 0 Å². The van der Waals surface area contributed by atoms with Crippen LogP contribution >= 0.6 is 25.1 Å². The third-order valence-corrected chi connectivity index (χ3v) is 9.98. The smallest absolute Gasteiger partial charge is 0.251 e. The predicted octanol–water partition coefficient (Wildman–Crippen LogP) is 3.59. The molecule has 3 N–H and O–H groups in total. The van der Waals surface area contributed by atoms with Crippen LogP contribution in [0.25, 0.3) is 0 Å². The Morgan fingerprint density at radius 3 is 2.62 bits per heavy atom. The maximum atomic E-state index is 13.4. The number of benzene rings is 1. The van der Waals surface area contributed by atoms with Crippen LogP contribution in [0, 0.1) is 5.92 Å². The van der Waals surface area contributed by atoms with Crippen molar-refractivity contribution in [1.82, 2.24) is 25.1 Å². The fraction of sp³-hybridized carbons (Fsp3) is 0.529. The van der Waals surface area contributed by atoms with Gasteiger partial charge >= 0.3 is 0 Å². The SMILES string of the molecule is O=C(NC[C@H](O)CN1CCc2c(ccc(OCc3cnco3)c2Cl)C1)c1cc(NC2CCC2)nc(N2CCN(C(=O)C3CC3)CC2)c1.S. The van der Waals surface area contributed by atoms with Crippen LogP contribution in [0.2, 0.25) is 5.02 Å². The number of anilines is 2. The van der Waals surface area contributed by atoms with E-state index in [1.165, 1.54) is 12.8 Å². The number of aliphatic hydroxyl groups is 1. The number of pyridine rings is 1. The molecule has 1 atom stereocenters. The Bertz CT molecular complexity index is 1580. The second-order valence-electron chi connectivity index (χ2n) is 13.1. The molecule has 2 aliphatic heterocycles. The summed E-state index contributed by atoms with van der Waals surface area (Å²) in [6, 6.07) is 7.86. The average Bonchev–Trinajstić information content (AvgIpc) is 3.79. The maximum Gasteiger partial charge on any atom is 0.251 e. The topological polar surface area (TPSA) is 136 Å². The summed E-state index contributed by atoms with van der Waals surface area (Å²) in [6.45, 7) is 4.86. The van der Waals surface area contributed by atoms with Crippen molar-refractivity contribution in [1.29, 1.82) is 0 Å². The summed E-state index contributed by atoms with van der Waals surface area (Å²) in [4.78, 5) is 41.0. The predicted molar refractivity (Wildman–Crippen MR) is 187 cm³/mol. The van der Waals surface area contributed by atoms with E-state index < -0.39 is 6.10 Å². The van der Waals surface area contributed by atoms with E-state index in [2.05, 4.69) is 25.4 Å². The van der Waals surface area contributed by atoms with Crippen LogP contribution in [0.3, 0.4) is 0 Å². The third kappa shape index (κ3) is 8.19. The van der Waals surface area contributed by atoms with Gasteiger partial charge in [0.2, 0.25) is 5.91 Å². The van der Waals surface area contributed by atoms with Crippen LogP contribution < -0.4 is 20.3 Å². The molecule has 2 aromatic heterocycles. The lowest BCUT2D eigenvalue weighted by atomic mass is 9.93. The number of aromatic nitrogens is 2. The van der Waals surface area contributed by atoms with Gasteiger partial charge in [-0.05, 0) is 67.9 Å². The fourth-order valence-electron chi connectivity index (χ4n) is 6.44. The van der Waals surface area contributed by atoms with Crippen molar-refractivity contribution in [3.63, 3.8) is 0 Å². The number of piperazine rings is 1. The van der Waals surface area contributed by atoms with Crippen molar-refractivity contribution in [2.75, 3.05) is 56.0 Å². The zero-order valence-electron chi connectivity index (χ0n) is 27.0. The van der Waals surface area contributed by atoms with E-state index in [1.807, 2.05) is 23.1 Å². The zero-order valence-corrected chi connectivity index (χ0v) is 28.8. The second-order valence-corrected chi connectivity index (χ2v) is 13.5. The summed E-state index contributed by atoms with van der Waals surface area (Å²) in [7, 11) is 0. The minimum atomic E-state index is -0.744. The van der Waals surface area contributed by atoms with Gasteiger partial charge in [-0.2, -0.15) is 13.5 Å². The fourth-order valence-corrected chi connectivity index (χ4v) is 6.78. The van der Waals surface area contributed by atoms with Gasteiger partial charge in [0.15, 0.2) is 12.2 Å². The number of hydrogen-bond donors (Lipinski definition) is 3. The Kier molecular flexibility index (Phi) is 11.0. The van der Waals surface area contributed by atoms with Gasteiger partial charge in [0.25, 0.3) is 5.91 Å². The Balaban J connectivity index is 0.00000401. The van der Waals surface area contributed by atoms with Crippen LogP contribution in [-0.4, -0.2) is 94.6 Å². The molecule has 4 aliphatic rings. The van der Waals surface area contributed by atoms with Crippen molar-refractivity contribution >= 4 is 48.5 Å². The number of amides is 2. The molecule has 0 bridgehead atoms. The number of oxazole rings is 1. The van der Waals surface area contributed by atoms with Crippen LogP contribution in [0.15, 0.2) is 41.3 Å². The van der Waals surface area contributed by atoms with Crippen molar-refractivity contribution in [3.05, 3.63) is 64.3 Å². The van der Waals surface area contributed by atoms with E-state index in [9.17, 15) is 14.7 Å². The molecule has 0 radical (unpaired) electrons. The van der Waals surface area contributed by atoms with E-state index in [-0.39, 0.29) is 44.4 Å². The van der Waals surface area contributed by atoms with Gasteiger partial charge in [0.05, 0.1) is 17.3 Å². The number of nitrogens with zero attached hydrogens (tertiary/aromatic N) is 5. The first-order valence-corrected chi connectivity index (χ1v) is 17.1. The summed E-state index contributed by atoms with van der Waals surface area (Å²) >= 11 is 6.69. The van der Waals surface area contributed by atoms with Crippen molar-refractivity contribution < 1.29 is 23.8 Å². The Hall–Kier alpha value is -3.52. The molecule has 1 saturated heterocycles. The Labute approximate surface area is 292 Å². The highest BCUT2D eigenvalue weighted by Gasteiger charge is 2.35. The van der Waals surface area contributed by atoms with Crippen LogP contribution in [0.4, 0.5) is 11.6 Å². The highest BCUT2D eigenvalue weighted by molar-refractivity contribution is 7.59. The summed E-state index contributed by atoms with van der Waals surface area (Å²) in [6.07, 6.45) is 8.35. The highest BCUT2D eigenvalue weighted by Crippen LogP contribution is 2.35. The molecule has 0 spiro atoms. The van der Waals surface area contributed by atoms with Gasteiger partial charge in [-0.1, -0.05) is 17.7 Å². The first kappa shape index (κ1) is 34.3. The number of halogens is 1. The molecule has 2 aliphatic carbocycles. The molecule has 2 saturated carbocycles. The number of fused-ring (bicyclic) bond motifs is 1. The highest BCUT2D eigenvalue weighted by atomic mass is 35.5. The van der Waals surface area contributed by atoms with Crippen LogP contribution in [0.1, 0.15) is 59.3 Å². The summed E-state index contributed by atoms with van der Waals surface area (Å²) < 4.78 is 11.1. The Morgan fingerprint density at radius 1 is 1.10 bits per heavy atom. The molecule has 3 fully saturated rings. The molecule has 7 rings (SSSR count). The largest absolute Gasteiger partial charge is 0.484 e. The lowest BCUT2D eigenvalue weighted by Gasteiger charge is -2.36. The lowest BCUT2D eigenvalue weighted by molar-refractivity contribution is -0.132. The monoisotopic (exact) mass is 697 g/mol. The van der Waals surface area contributed by atoms with Gasteiger partial charge in [0.1, 0.15) is 24.0 Å². The van der Waals surface area contributed by atoms with E-state index in [0.717, 1.165) is 55.6 Å². The van der Waals surface area contributed by atoms with E-state index in [1.54, 1.807) is 12.3 Å². The number of aliphatic hydroxyl groups excluding tert-OH is 1. The zero-order chi connectivity index (χ0) is 32.3. The number of β-amino-alcohol motifs (C(OH)–C–C–N with tert-alkyl or cyclic N) is 1. The van der Waals surface area contributed by atoms with E-state index in [0.29, 0.717) is 73.2 Å². The second kappa shape index (κ2) is 15.4. The molecular formula is C34H44ClN7O5S. The summed E-state index contributed by atoms with van der Waals surface area (Å²) in [5.74, 6) is 2.89. The number of carbonyl (C=O) groups is 2. The molecule has 258 valence electrons. The third-order valence-electron chi connectivity index (χ3n) is 9.57. The molecule has 2 amide bonds. The molecule has 14 heteroatoms. The Morgan fingerprint density at radius 2 is 1.92 bits per heavy atom. The minimum absolute atomic E-state index is 0.